The van der Waals surface area contributed by atoms with Gasteiger partial charge in [0.25, 0.3) is 0 Å². The lowest BCUT2D eigenvalue weighted by molar-refractivity contribution is -0.115. The van der Waals surface area contributed by atoms with E-state index in [2.05, 4.69) is 20.5 Å². The van der Waals surface area contributed by atoms with Crippen molar-refractivity contribution in [2.75, 3.05) is 5.32 Å². The third kappa shape index (κ3) is 3.81. The molecule has 1 aliphatic heterocycles. The van der Waals surface area contributed by atoms with Crippen molar-refractivity contribution in [3.8, 4) is 11.4 Å². The summed E-state index contributed by atoms with van der Waals surface area (Å²) < 4.78 is 30.2. The van der Waals surface area contributed by atoms with Crippen molar-refractivity contribution < 1.29 is 13.6 Å². The van der Waals surface area contributed by atoms with Gasteiger partial charge in [-0.25, -0.2) is 8.78 Å². The summed E-state index contributed by atoms with van der Waals surface area (Å²) in [6.45, 7) is 0.755. The van der Waals surface area contributed by atoms with Crippen LogP contribution in [-0.4, -0.2) is 25.7 Å². The number of aromatic amines is 1. The highest BCUT2D eigenvalue weighted by molar-refractivity contribution is 5.96. The summed E-state index contributed by atoms with van der Waals surface area (Å²) in [6, 6.07) is 8.84. The molecule has 8 heteroatoms. The smallest absolute Gasteiger partial charge is 0.228 e. The van der Waals surface area contributed by atoms with Crippen LogP contribution in [0.1, 0.15) is 30.7 Å². The Kier molecular flexibility index (Phi) is 4.97. The molecule has 0 spiro atoms. The second-order valence-corrected chi connectivity index (χ2v) is 7.83. The standard InChI is InChI=1S/C23H21F2N5O/c24-15-5-8-20-17(11-15)14(13-26-20)10-22(31)27-16-6-7-19(25)18(12-16)23-29-28-21-4-2-1-3-9-30(21)23/h5-8,11-13,26H,1-4,9-10H2,(H,27,31). The van der Waals surface area contributed by atoms with E-state index < -0.39 is 5.82 Å². The van der Waals surface area contributed by atoms with E-state index in [1.54, 1.807) is 18.3 Å². The van der Waals surface area contributed by atoms with Crippen LogP contribution in [0.2, 0.25) is 0 Å². The summed E-state index contributed by atoms with van der Waals surface area (Å²) in [5.41, 5.74) is 2.24. The number of hydrogen-bond donors (Lipinski definition) is 2. The van der Waals surface area contributed by atoms with Gasteiger partial charge in [0.1, 0.15) is 17.5 Å². The number of aryl methyl sites for hydroxylation is 1. The number of halogens is 2. The van der Waals surface area contributed by atoms with Crippen molar-refractivity contribution in [1.82, 2.24) is 19.7 Å². The van der Waals surface area contributed by atoms with Crippen molar-refractivity contribution in [2.45, 2.75) is 38.6 Å². The third-order valence-electron chi connectivity index (χ3n) is 5.68. The maximum Gasteiger partial charge on any atom is 0.228 e. The third-order valence-corrected chi connectivity index (χ3v) is 5.68. The lowest BCUT2D eigenvalue weighted by Crippen LogP contribution is -2.14. The molecule has 158 valence electrons. The summed E-state index contributed by atoms with van der Waals surface area (Å²) in [6.07, 6.45) is 5.76. The maximum atomic E-state index is 14.6. The Morgan fingerprint density at radius 2 is 2.00 bits per heavy atom. The van der Waals surface area contributed by atoms with Crippen LogP contribution in [0.3, 0.4) is 0 Å². The molecule has 0 unspecified atom stereocenters. The molecule has 2 aromatic heterocycles. The highest BCUT2D eigenvalue weighted by Gasteiger charge is 2.19. The normalized spacial score (nSPS) is 13.7. The molecule has 0 aliphatic carbocycles. The van der Waals surface area contributed by atoms with Crippen LogP contribution in [0, 0.1) is 11.6 Å². The predicted molar refractivity (Wildman–Crippen MR) is 114 cm³/mol. The van der Waals surface area contributed by atoms with E-state index in [9.17, 15) is 13.6 Å². The lowest BCUT2D eigenvalue weighted by Gasteiger charge is -2.10. The molecule has 0 atom stereocenters. The number of anilines is 1. The van der Waals surface area contributed by atoms with Crippen molar-refractivity contribution in [1.29, 1.82) is 0 Å². The summed E-state index contributed by atoms with van der Waals surface area (Å²) >= 11 is 0. The maximum absolute atomic E-state index is 14.6. The number of aromatic nitrogens is 4. The first-order valence-electron chi connectivity index (χ1n) is 10.4. The Hall–Kier alpha value is -3.55. The summed E-state index contributed by atoms with van der Waals surface area (Å²) in [7, 11) is 0. The molecule has 0 saturated carbocycles. The average Bonchev–Trinajstić information content (AvgIpc) is 3.25. The molecule has 5 rings (SSSR count). The molecular formula is C23H21F2N5O. The van der Waals surface area contributed by atoms with E-state index in [1.807, 2.05) is 4.57 Å². The molecule has 31 heavy (non-hydrogen) atoms. The Bertz CT molecular complexity index is 1280. The highest BCUT2D eigenvalue weighted by atomic mass is 19.1. The molecule has 1 amide bonds. The van der Waals surface area contributed by atoms with Gasteiger partial charge in [-0.15, -0.1) is 10.2 Å². The molecule has 1 aliphatic rings. The van der Waals surface area contributed by atoms with Crippen molar-refractivity contribution in [2.24, 2.45) is 0 Å². The Morgan fingerprint density at radius 3 is 2.90 bits per heavy atom. The van der Waals surface area contributed by atoms with Crippen LogP contribution >= 0.6 is 0 Å². The fourth-order valence-electron chi connectivity index (χ4n) is 4.13. The minimum atomic E-state index is -0.412. The number of carbonyl (C=O) groups is 1. The largest absolute Gasteiger partial charge is 0.361 e. The van der Waals surface area contributed by atoms with Crippen LogP contribution in [0.5, 0.6) is 0 Å². The minimum absolute atomic E-state index is 0.0660. The molecule has 6 nitrogen and oxygen atoms in total. The number of carbonyl (C=O) groups excluding carboxylic acids is 1. The van der Waals surface area contributed by atoms with Crippen LogP contribution in [0.15, 0.2) is 42.6 Å². The van der Waals surface area contributed by atoms with Gasteiger partial charge in [-0.2, -0.15) is 0 Å². The van der Waals surface area contributed by atoms with Crippen LogP contribution < -0.4 is 5.32 Å². The van der Waals surface area contributed by atoms with Gasteiger partial charge < -0.3 is 14.9 Å². The van der Waals surface area contributed by atoms with Gasteiger partial charge in [0.05, 0.1) is 12.0 Å². The van der Waals surface area contributed by atoms with Crippen molar-refractivity contribution in [3.63, 3.8) is 0 Å². The van der Waals surface area contributed by atoms with Gasteiger partial charge in [-0.05, 0) is 54.8 Å². The van der Waals surface area contributed by atoms with E-state index in [0.717, 1.165) is 43.6 Å². The van der Waals surface area contributed by atoms with Gasteiger partial charge in [0.15, 0.2) is 5.82 Å². The molecule has 2 N–H and O–H groups in total. The lowest BCUT2D eigenvalue weighted by atomic mass is 10.1. The minimum Gasteiger partial charge on any atom is -0.361 e. The number of nitrogens with zero attached hydrogens (tertiary/aromatic N) is 3. The molecular weight excluding hydrogens is 400 g/mol. The Labute approximate surface area is 177 Å². The second kappa shape index (κ2) is 7.94. The molecule has 2 aromatic carbocycles. The summed E-state index contributed by atoms with van der Waals surface area (Å²) in [4.78, 5) is 15.7. The van der Waals surface area contributed by atoms with Gasteiger partial charge >= 0.3 is 0 Å². The number of hydrogen-bond acceptors (Lipinski definition) is 3. The number of benzene rings is 2. The van der Waals surface area contributed by atoms with Gasteiger partial charge in [0.2, 0.25) is 5.91 Å². The number of fused-ring (bicyclic) bond motifs is 2. The zero-order valence-corrected chi connectivity index (χ0v) is 16.8. The molecule has 3 heterocycles. The first kappa shape index (κ1) is 19.4. The number of rotatable bonds is 4. The van der Waals surface area contributed by atoms with Crippen LogP contribution in [0.4, 0.5) is 14.5 Å². The van der Waals surface area contributed by atoms with E-state index in [4.69, 9.17) is 0 Å². The average molecular weight is 421 g/mol. The zero-order valence-electron chi connectivity index (χ0n) is 16.8. The monoisotopic (exact) mass is 421 g/mol. The number of amides is 1. The molecule has 0 fully saturated rings. The SMILES string of the molecule is O=C(Cc1c[nH]c2ccc(F)cc12)Nc1ccc(F)c(-c2nnc3n2CCCCC3)c1. The van der Waals surface area contributed by atoms with E-state index >= 15 is 0 Å². The topological polar surface area (TPSA) is 75.6 Å². The van der Waals surface area contributed by atoms with Crippen LogP contribution in [-0.2, 0) is 24.2 Å². The van der Waals surface area contributed by atoms with E-state index in [0.29, 0.717) is 28.0 Å². The van der Waals surface area contributed by atoms with Crippen molar-refractivity contribution >= 4 is 22.5 Å². The first-order valence-corrected chi connectivity index (χ1v) is 10.4. The van der Waals surface area contributed by atoms with E-state index in [-0.39, 0.29) is 18.1 Å². The fraction of sp³-hybridized carbons (Fsp3) is 0.261. The predicted octanol–water partition coefficient (Wildman–Crippen LogP) is 4.61. The quantitative estimate of drug-likeness (QED) is 0.505. The fourth-order valence-corrected chi connectivity index (χ4v) is 4.13. The van der Waals surface area contributed by atoms with E-state index in [1.165, 1.54) is 24.3 Å². The second-order valence-electron chi connectivity index (χ2n) is 7.83. The highest BCUT2D eigenvalue weighted by Crippen LogP contribution is 2.28. The van der Waals surface area contributed by atoms with Gasteiger partial charge in [-0.3, -0.25) is 4.79 Å². The van der Waals surface area contributed by atoms with Crippen molar-refractivity contribution in [3.05, 3.63) is 65.6 Å². The molecule has 0 saturated heterocycles. The molecule has 0 radical (unpaired) electrons. The van der Waals surface area contributed by atoms with Gasteiger partial charge in [-0.1, -0.05) is 6.42 Å². The number of H-pyrrole nitrogens is 1. The molecule has 0 bridgehead atoms. The summed E-state index contributed by atoms with van der Waals surface area (Å²) in [5, 5.41) is 11.9. The number of nitrogens with one attached hydrogen (secondary N) is 2. The van der Waals surface area contributed by atoms with Crippen LogP contribution in [0.25, 0.3) is 22.3 Å². The van der Waals surface area contributed by atoms with Gasteiger partial charge in [0, 0.05) is 35.8 Å². The first-order chi connectivity index (χ1) is 15.1. The summed E-state index contributed by atoms with van der Waals surface area (Å²) in [5.74, 6) is 0.308. The molecule has 4 aromatic rings. The Morgan fingerprint density at radius 1 is 1.10 bits per heavy atom. The Balaban J connectivity index is 1.39. The zero-order chi connectivity index (χ0) is 21.4.